The van der Waals surface area contributed by atoms with E-state index in [0.29, 0.717) is 6.42 Å². The van der Waals surface area contributed by atoms with E-state index in [-0.39, 0.29) is 48.9 Å². The van der Waals surface area contributed by atoms with Gasteiger partial charge in [-0.05, 0) is 62.9 Å². The Morgan fingerprint density at radius 2 is 1.70 bits per heavy atom. The maximum atomic E-state index is 13.3. The number of halogens is 2. The van der Waals surface area contributed by atoms with E-state index in [0.717, 1.165) is 70.6 Å². The van der Waals surface area contributed by atoms with Crippen molar-refractivity contribution in [1.29, 1.82) is 0 Å². The number of carbonyl (C=O) groups excluding carboxylic acids is 2. The molecular formula is C24H38Cl2N4O3. The molecule has 2 fully saturated rings. The Morgan fingerprint density at radius 3 is 2.36 bits per heavy atom. The highest BCUT2D eigenvalue weighted by molar-refractivity contribution is 5.94. The molecule has 0 radical (unpaired) electrons. The molecular weight excluding hydrogens is 463 g/mol. The highest BCUT2D eigenvalue weighted by atomic mass is 35.5. The van der Waals surface area contributed by atoms with Crippen LogP contribution < -0.4 is 4.90 Å². The number of piperidine rings is 1. The third-order valence-electron chi connectivity index (χ3n) is 7.32. The van der Waals surface area contributed by atoms with Gasteiger partial charge in [0.25, 0.3) is 0 Å². The van der Waals surface area contributed by atoms with Gasteiger partial charge >= 0.3 is 12.0 Å². The molecule has 2 amide bonds. The molecule has 4 rings (SSSR count). The number of amides is 2. The van der Waals surface area contributed by atoms with Gasteiger partial charge in [0.2, 0.25) is 0 Å². The SMILES string of the molecule is COC(=O)CC(C)N1CCC(N2CCN(c3ccc4c(c3)CCN(C)CC4)C2=O)CC1.Cl.Cl. The highest BCUT2D eigenvalue weighted by Gasteiger charge is 2.37. The number of likely N-dealkylation sites (tertiary alicyclic amines) is 1. The molecule has 0 spiro atoms. The smallest absolute Gasteiger partial charge is 0.324 e. The van der Waals surface area contributed by atoms with Gasteiger partial charge in [0.15, 0.2) is 0 Å². The molecule has 186 valence electrons. The van der Waals surface area contributed by atoms with Crippen LogP contribution in [0, 0.1) is 0 Å². The molecule has 2 saturated heterocycles. The number of methoxy groups -OCH3 is 1. The molecule has 1 atom stereocenters. The fraction of sp³-hybridized carbons (Fsp3) is 0.667. The lowest BCUT2D eigenvalue weighted by Crippen LogP contribution is -2.49. The first-order valence-corrected chi connectivity index (χ1v) is 11.7. The van der Waals surface area contributed by atoms with Crippen molar-refractivity contribution in [3.63, 3.8) is 0 Å². The number of hydrogen-bond donors (Lipinski definition) is 0. The van der Waals surface area contributed by atoms with E-state index in [4.69, 9.17) is 4.74 Å². The van der Waals surface area contributed by atoms with Crippen LogP contribution in [-0.2, 0) is 22.4 Å². The van der Waals surface area contributed by atoms with Crippen molar-refractivity contribution in [2.75, 3.05) is 58.3 Å². The summed E-state index contributed by atoms with van der Waals surface area (Å²) in [5.41, 5.74) is 3.85. The van der Waals surface area contributed by atoms with Crippen LogP contribution in [-0.4, -0.2) is 92.2 Å². The van der Waals surface area contributed by atoms with E-state index in [1.807, 2.05) is 4.90 Å². The summed E-state index contributed by atoms with van der Waals surface area (Å²) in [5.74, 6) is -0.160. The fourth-order valence-electron chi connectivity index (χ4n) is 5.22. The third kappa shape index (κ3) is 6.32. The minimum Gasteiger partial charge on any atom is -0.469 e. The molecule has 1 unspecified atom stereocenters. The average Bonchev–Trinajstić information content (AvgIpc) is 3.07. The zero-order valence-electron chi connectivity index (χ0n) is 20.0. The number of urea groups is 1. The molecule has 1 aromatic rings. The first-order valence-electron chi connectivity index (χ1n) is 11.7. The normalized spacial score (nSPS) is 21.0. The molecule has 3 aliphatic heterocycles. The van der Waals surface area contributed by atoms with Gasteiger partial charge in [-0.1, -0.05) is 6.07 Å². The molecule has 3 aliphatic rings. The van der Waals surface area contributed by atoms with Gasteiger partial charge in [-0.2, -0.15) is 0 Å². The second-order valence-corrected chi connectivity index (χ2v) is 9.28. The number of rotatable bonds is 5. The number of esters is 1. The van der Waals surface area contributed by atoms with Gasteiger partial charge in [0.1, 0.15) is 0 Å². The predicted octanol–water partition coefficient (Wildman–Crippen LogP) is 3.22. The van der Waals surface area contributed by atoms with Crippen molar-refractivity contribution in [1.82, 2.24) is 14.7 Å². The number of fused-ring (bicyclic) bond motifs is 1. The third-order valence-corrected chi connectivity index (χ3v) is 7.32. The predicted molar refractivity (Wildman–Crippen MR) is 136 cm³/mol. The lowest BCUT2D eigenvalue weighted by atomic mass is 10.0. The second kappa shape index (κ2) is 12.2. The van der Waals surface area contributed by atoms with Gasteiger partial charge < -0.3 is 14.5 Å². The van der Waals surface area contributed by atoms with Crippen molar-refractivity contribution >= 4 is 42.5 Å². The van der Waals surface area contributed by atoms with Crippen molar-refractivity contribution in [3.8, 4) is 0 Å². The topological polar surface area (TPSA) is 56.3 Å². The van der Waals surface area contributed by atoms with Crippen molar-refractivity contribution < 1.29 is 14.3 Å². The number of benzene rings is 1. The maximum absolute atomic E-state index is 13.3. The number of hydrogen-bond acceptors (Lipinski definition) is 5. The molecule has 7 nitrogen and oxygen atoms in total. The van der Waals surface area contributed by atoms with Gasteiger partial charge in [-0.15, -0.1) is 24.8 Å². The first-order chi connectivity index (χ1) is 15.0. The Hall–Kier alpha value is -1.54. The Labute approximate surface area is 210 Å². The summed E-state index contributed by atoms with van der Waals surface area (Å²) in [4.78, 5) is 33.6. The Morgan fingerprint density at radius 1 is 1.03 bits per heavy atom. The minimum atomic E-state index is -0.160. The van der Waals surface area contributed by atoms with E-state index >= 15 is 0 Å². The lowest BCUT2D eigenvalue weighted by molar-refractivity contribution is -0.142. The van der Waals surface area contributed by atoms with Crippen LogP contribution in [0.15, 0.2) is 18.2 Å². The van der Waals surface area contributed by atoms with Crippen LogP contribution >= 0.6 is 24.8 Å². The van der Waals surface area contributed by atoms with Gasteiger partial charge in [0, 0.05) is 57.0 Å². The molecule has 0 N–H and O–H groups in total. The summed E-state index contributed by atoms with van der Waals surface area (Å²) in [7, 11) is 3.62. The van der Waals surface area contributed by atoms with Crippen molar-refractivity contribution in [2.24, 2.45) is 0 Å². The Bertz CT molecular complexity index is 817. The van der Waals surface area contributed by atoms with Gasteiger partial charge in [0.05, 0.1) is 13.5 Å². The molecule has 0 saturated carbocycles. The molecule has 0 bridgehead atoms. The van der Waals surface area contributed by atoms with Crippen LogP contribution in [0.4, 0.5) is 10.5 Å². The van der Waals surface area contributed by atoms with Crippen LogP contribution in [0.3, 0.4) is 0 Å². The summed E-state index contributed by atoms with van der Waals surface area (Å²) in [5, 5.41) is 0. The molecule has 0 aromatic heterocycles. The standard InChI is InChI=1S/C24H36N4O3.2ClH/c1-18(16-23(29)31-3)26-12-8-21(9-13-26)27-14-15-28(24(27)30)22-5-4-19-6-10-25(2)11-7-20(19)17-22;;/h4-5,17-18,21H,6-16H2,1-3H3;2*1H. The first kappa shape index (κ1) is 27.7. The van der Waals surface area contributed by atoms with E-state index in [1.54, 1.807) is 0 Å². The summed E-state index contributed by atoms with van der Waals surface area (Å²) < 4.78 is 4.80. The zero-order chi connectivity index (χ0) is 22.0. The van der Waals surface area contributed by atoms with Crippen LogP contribution in [0.1, 0.15) is 37.3 Å². The van der Waals surface area contributed by atoms with Crippen molar-refractivity contribution in [3.05, 3.63) is 29.3 Å². The molecule has 1 aromatic carbocycles. The largest absolute Gasteiger partial charge is 0.469 e. The van der Waals surface area contributed by atoms with E-state index in [9.17, 15) is 9.59 Å². The number of ether oxygens (including phenoxy) is 1. The average molecular weight is 501 g/mol. The van der Waals surface area contributed by atoms with Gasteiger partial charge in [-0.3, -0.25) is 14.6 Å². The molecule has 33 heavy (non-hydrogen) atoms. The van der Waals surface area contributed by atoms with Crippen LogP contribution in [0.5, 0.6) is 0 Å². The summed E-state index contributed by atoms with van der Waals surface area (Å²) in [6.45, 7) is 7.63. The van der Waals surface area contributed by atoms with Crippen LogP contribution in [0.2, 0.25) is 0 Å². The Kier molecular flexibility index (Phi) is 10.3. The zero-order valence-corrected chi connectivity index (χ0v) is 21.6. The number of nitrogens with zero attached hydrogens (tertiary/aromatic N) is 4. The van der Waals surface area contributed by atoms with Crippen LogP contribution in [0.25, 0.3) is 0 Å². The summed E-state index contributed by atoms with van der Waals surface area (Å²) in [6.07, 6.45) is 4.47. The lowest BCUT2D eigenvalue weighted by Gasteiger charge is -2.39. The van der Waals surface area contributed by atoms with E-state index < -0.39 is 0 Å². The van der Waals surface area contributed by atoms with Crippen molar-refractivity contribution in [2.45, 2.75) is 51.1 Å². The minimum absolute atomic E-state index is 0. The Balaban J connectivity index is 0.00000193. The summed E-state index contributed by atoms with van der Waals surface area (Å²) in [6, 6.07) is 7.20. The monoisotopic (exact) mass is 500 g/mol. The number of likely N-dealkylation sites (N-methyl/N-ethyl adjacent to an activating group) is 1. The quantitative estimate of drug-likeness (QED) is 0.580. The van der Waals surface area contributed by atoms with E-state index in [1.165, 1.54) is 18.2 Å². The van der Waals surface area contributed by atoms with Gasteiger partial charge in [-0.25, -0.2) is 4.79 Å². The molecule has 3 heterocycles. The number of carbonyl (C=O) groups is 2. The number of anilines is 1. The van der Waals surface area contributed by atoms with E-state index in [2.05, 4.69) is 46.9 Å². The second-order valence-electron chi connectivity index (χ2n) is 9.28. The molecule has 9 heteroatoms. The summed E-state index contributed by atoms with van der Waals surface area (Å²) >= 11 is 0. The maximum Gasteiger partial charge on any atom is 0.324 e. The highest BCUT2D eigenvalue weighted by Crippen LogP contribution is 2.29. The fourth-order valence-corrected chi connectivity index (χ4v) is 5.22. The molecule has 0 aliphatic carbocycles.